The van der Waals surface area contributed by atoms with Crippen LogP contribution in [0.15, 0.2) is 30.4 Å². The van der Waals surface area contributed by atoms with E-state index >= 15 is 0 Å². The molecule has 1 aromatic carbocycles. The van der Waals surface area contributed by atoms with Gasteiger partial charge in [-0.1, -0.05) is 35.8 Å². The zero-order valence-corrected chi connectivity index (χ0v) is 9.09. The largest absolute Gasteiger partial charge is 0.478 e. The molecule has 0 aromatic heterocycles. The lowest BCUT2D eigenvalue weighted by Crippen LogP contribution is -2.09. The third-order valence-electron chi connectivity index (χ3n) is 1.86. The second-order valence-electron chi connectivity index (χ2n) is 2.90. The van der Waals surface area contributed by atoms with Crippen LogP contribution in [0.3, 0.4) is 0 Å². The molecule has 0 aliphatic rings. The van der Waals surface area contributed by atoms with Gasteiger partial charge < -0.3 is 10.2 Å². The summed E-state index contributed by atoms with van der Waals surface area (Å²) in [5.74, 6) is -1.27. The molecular weight excluding hydrogens is 239 g/mol. The Bertz CT molecular complexity index is 415. The zero-order valence-electron chi connectivity index (χ0n) is 7.58. The van der Waals surface area contributed by atoms with Crippen molar-refractivity contribution in [3.05, 3.63) is 46.0 Å². The fourth-order valence-corrected chi connectivity index (χ4v) is 1.54. The second-order valence-corrected chi connectivity index (χ2v) is 3.74. The monoisotopic (exact) mass is 246 g/mol. The number of hydrogen-bond donors (Lipinski definition) is 2. The van der Waals surface area contributed by atoms with E-state index in [0.29, 0.717) is 5.02 Å². The Labute approximate surface area is 96.6 Å². The number of aliphatic hydroxyl groups is 1. The number of aliphatic carboxylic acids is 1. The molecule has 0 radical (unpaired) electrons. The van der Waals surface area contributed by atoms with Crippen LogP contribution in [0.25, 0.3) is 0 Å². The van der Waals surface area contributed by atoms with Crippen molar-refractivity contribution in [1.29, 1.82) is 0 Å². The van der Waals surface area contributed by atoms with E-state index < -0.39 is 12.1 Å². The van der Waals surface area contributed by atoms with Gasteiger partial charge in [0.1, 0.15) is 6.10 Å². The summed E-state index contributed by atoms with van der Waals surface area (Å²) in [7, 11) is 0. The summed E-state index contributed by atoms with van der Waals surface area (Å²) in [6.45, 7) is 3.25. The van der Waals surface area contributed by atoms with Crippen LogP contribution in [0.1, 0.15) is 11.7 Å². The predicted octanol–water partition coefficient (Wildman–Crippen LogP) is 2.67. The van der Waals surface area contributed by atoms with Crippen LogP contribution in [0.5, 0.6) is 0 Å². The van der Waals surface area contributed by atoms with Gasteiger partial charge in [0.2, 0.25) is 0 Å². The standard InChI is InChI=1S/C10H8Cl2O3/c1-5(10(14)15)9(13)7-3-2-6(11)4-8(7)12/h2-4,9,13H,1H2,(H,14,15). The van der Waals surface area contributed by atoms with Crippen molar-refractivity contribution in [3.8, 4) is 0 Å². The van der Waals surface area contributed by atoms with Gasteiger partial charge in [0, 0.05) is 15.6 Å². The van der Waals surface area contributed by atoms with Crippen molar-refractivity contribution in [1.82, 2.24) is 0 Å². The van der Waals surface area contributed by atoms with Crippen LogP contribution in [-0.4, -0.2) is 16.2 Å². The van der Waals surface area contributed by atoms with Crippen molar-refractivity contribution < 1.29 is 15.0 Å². The number of carbonyl (C=O) groups is 1. The highest BCUT2D eigenvalue weighted by Crippen LogP contribution is 2.29. The van der Waals surface area contributed by atoms with Gasteiger partial charge in [0.25, 0.3) is 0 Å². The molecule has 80 valence electrons. The molecule has 0 bridgehead atoms. The smallest absolute Gasteiger partial charge is 0.333 e. The summed E-state index contributed by atoms with van der Waals surface area (Å²) in [6.07, 6.45) is -1.33. The van der Waals surface area contributed by atoms with Crippen LogP contribution in [0.4, 0.5) is 0 Å². The minimum atomic E-state index is -1.33. The van der Waals surface area contributed by atoms with Gasteiger partial charge in [0.05, 0.1) is 5.57 Å². The van der Waals surface area contributed by atoms with E-state index in [-0.39, 0.29) is 16.2 Å². The van der Waals surface area contributed by atoms with Crippen molar-refractivity contribution in [3.63, 3.8) is 0 Å². The average molecular weight is 247 g/mol. The second kappa shape index (κ2) is 4.66. The molecule has 0 aliphatic carbocycles. The first-order valence-electron chi connectivity index (χ1n) is 3.98. The SMILES string of the molecule is C=C(C(=O)O)C(O)c1ccc(Cl)cc1Cl. The molecule has 2 N–H and O–H groups in total. The van der Waals surface area contributed by atoms with Crippen LogP contribution in [0, 0.1) is 0 Å². The highest BCUT2D eigenvalue weighted by Gasteiger charge is 2.19. The first kappa shape index (κ1) is 12.0. The zero-order chi connectivity index (χ0) is 11.6. The molecule has 0 amide bonds. The van der Waals surface area contributed by atoms with E-state index in [2.05, 4.69) is 6.58 Å². The van der Waals surface area contributed by atoms with E-state index in [1.54, 1.807) is 0 Å². The number of carboxylic acid groups (broad SMARTS) is 1. The molecule has 5 heteroatoms. The maximum atomic E-state index is 10.6. The van der Waals surface area contributed by atoms with Gasteiger partial charge in [-0.25, -0.2) is 4.79 Å². The Morgan fingerprint density at radius 2 is 2.00 bits per heavy atom. The molecule has 0 aliphatic heterocycles. The van der Waals surface area contributed by atoms with E-state index in [9.17, 15) is 9.90 Å². The maximum absolute atomic E-state index is 10.6. The Morgan fingerprint density at radius 1 is 1.40 bits per heavy atom. The Kier molecular flexibility index (Phi) is 3.74. The molecule has 1 rings (SSSR count). The molecule has 0 fully saturated rings. The van der Waals surface area contributed by atoms with E-state index in [1.165, 1.54) is 18.2 Å². The fourth-order valence-electron chi connectivity index (χ4n) is 1.03. The molecule has 0 saturated carbocycles. The fraction of sp³-hybridized carbons (Fsp3) is 0.100. The molecule has 1 unspecified atom stereocenters. The molecule has 3 nitrogen and oxygen atoms in total. The maximum Gasteiger partial charge on any atom is 0.333 e. The topological polar surface area (TPSA) is 57.5 Å². The van der Waals surface area contributed by atoms with Crippen molar-refractivity contribution in [2.75, 3.05) is 0 Å². The number of halogens is 2. The van der Waals surface area contributed by atoms with Gasteiger partial charge in [-0.3, -0.25) is 0 Å². The third kappa shape index (κ3) is 2.72. The first-order chi connectivity index (χ1) is 6.93. The summed E-state index contributed by atoms with van der Waals surface area (Å²) < 4.78 is 0. The van der Waals surface area contributed by atoms with Gasteiger partial charge >= 0.3 is 5.97 Å². The predicted molar refractivity (Wildman–Crippen MR) is 58.2 cm³/mol. The molecule has 0 saturated heterocycles. The van der Waals surface area contributed by atoms with Crippen LogP contribution < -0.4 is 0 Å². The van der Waals surface area contributed by atoms with E-state index in [4.69, 9.17) is 28.3 Å². The van der Waals surface area contributed by atoms with E-state index in [0.717, 1.165) is 0 Å². The number of aliphatic hydroxyl groups excluding tert-OH is 1. The summed E-state index contributed by atoms with van der Waals surface area (Å²) in [5, 5.41) is 18.9. The Balaban J connectivity index is 3.06. The lowest BCUT2D eigenvalue weighted by molar-refractivity contribution is -0.133. The van der Waals surface area contributed by atoms with Crippen molar-refractivity contribution >= 4 is 29.2 Å². The Morgan fingerprint density at radius 3 is 2.47 bits per heavy atom. The van der Waals surface area contributed by atoms with Gasteiger partial charge in [-0.05, 0) is 12.1 Å². The highest BCUT2D eigenvalue weighted by molar-refractivity contribution is 6.35. The van der Waals surface area contributed by atoms with Crippen molar-refractivity contribution in [2.45, 2.75) is 6.10 Å². The lowest BCUT2D eigenvalue weighted by atomic mass is 10.0. The highest BCUT2D eigenvalue weighted by atomic mass is 35.5. The summed E-state index contributed by atoms with van der Waals surface area (Å²) >= 11 is 11.5. The summed E-state index contributed by atoms with van der Waals surface area (Å²) in [5.41, 5.74) is -0.0623. The average Bonchev–Trinajstić information content (AvgIpc) is 2.15. The number of carboxylic acids is 1. The Hall–Kier alpha value is -1.03. The first-order valence-corrected chi connectivity index (χ1v) is 4.74. The van der Waals surface area contributed by atoms with Gasteiger partial charge in [-0.2, -0.15) is 0 Å². The third-order valence-corrected chi connectivity index (χ3v) is 2.42. The minimum Gasteiger partial charge on any atom is -0.478 e. The number of rotatable bonds is 3. The number of benzene rings is 1. The lowest BCUT2D eigenvalue weighted by Gasteiger charge is -2.12. The molecule has 1 atom stereocenters. The van der Waals surface area contributed by atoms with Crippen molar-refractivity contribution in [2.24, 2.45) is 0 Å². The number of hydrogen-bond acceptors (Lipinski definition) is 2. The quantitative estimate of drug-likeness (QED) is 0.807. The summed E-state index contributed by atoms with van der Waals surface area (Å²) in [4.78, 5) is 10.6. The summed E-state index contributed by atoms with van der Waals surface area (Å²) in [6, 6.07) is 4.40. The molecule has 15 heavy (non-hydrogen) atoms. The molecule has 0 spiro atoms. The minimum absolute atomic E-state index is 0.206. The van der Waals surface area contributed by atoms with Gasteiger partial charge in [-0.15, -0.1) is 0 Å². The molecule has 0 heterocycles. The van der Waals surface area contributed by atoms with Crippen LogP contribution in [-0.2, 0) is 4.79 Å². The molecule has 1 aromatic rings. The van der Waals surface area contributed by atoms with E-state index in [1.807, 2.05) is 0 Å². The van der Waals surface area contributed by atoms with Crippen LogP contribution in [0.2, 0.25) is 10.0 Å². The van der Waals surface area contributed by atoms with Crippen LogP contribution >= 0.6 is 23.2 Å². The van der Waals surface area contributed by atoms with Gasteiger partial charge in [0.15, 0.2) is 0 Å². The normalized spacial score (nSPS) is 12.2. The molecular formula is C10H8Cl2O3.